The van der Waals surface area contributed by atoms with Crippen molar-refractivity contribution in [3.8, 4) is 0 Å². The molecule has 0 aromatic heterocycles. The van der Waals surface area contributed by atoms with Gasteiger partial charge in [-0.15, -0.1) is 0 Å². The Morgan fingerprint density at radius 2 is 2.21 bits per heavy atom. The summed E-state index contributed by atoms with van der Waals surface area (Å²) in [6.45, 7) is 4.13. The van der Waals surface area contributed by atoms with E-state index in [0.717, 1.165) is 25.8 Å². The summed E-state index contributed by atoms with van der Waals surface area (Å²) in [5.74, 6) is 0.0357. The van der Waals surface area contributed by atoms with E-state index in [2.05, 4.69) is 6.92 Å². The highest BCUT2D eigenvalue weighted by Gasteiger charge is 2.25. The molecule has 0 bridgehead atoms. The van der Waals surface area contributed by atoms with Crippen LogP contribution in [0, 0.1) is 11.8 Å². The van der Waals surface area contributed by atoms with Crippen LogP contribution in [-0.2, 0) is 9.59 Å². The average Bonchev–Trinajstić information content (AvgIpc) is 2.42. The number of hydrogen-bond donors (Lipinski definition) is 2. The summed E-state index contributed by atoms with van der Waals surface area (Å²) >= 11 is 0. The van der Waals surface area contributed by atoms with Gasteiger partial charge in [0.25, 0.3) is 0 Å². The van der Waals surface area contributed by atoms with Crippen LogP contribution in [0.4, 0.5) is 0 Å². The number of nitrogens with zero attached hydrogens (tertiary/aromatic N) is 1. The Kier molecular flexibility index (Phi) is 6.84. The number of nitrogens with two attached hydrogens (primary N) is 1. The molecule has 2 unspecified atom stereocenters. The lowest BCUT2D eigenvalue weighted by molar-refractivity contribution is -0.137. The summed E-state index contributed by atoms with van der Waals surface area (Å²) in [6.07, 6.45) is 4.35. The van der Waals surface area contributed by atoms with Gasteiger partial charge in [0.05, 0.1) is 0 Å². The maximum atomic E-state index is 12.2. The molecule has 0 aromatic carbocycles. The first-order valence-corrected chi connectivity index (χ1v) is 7.26. The van der Waals surface area contributed by atoms with Gasteiger partial charge in [-0.05, 0) is 37.6 Å². The maximum absolute atomic E-state index is 12.2. The van der Waals surface area contributed by atoms with E-state index in [1.54, 1.807) is 0 Å². The smallest absolute Gasteiger partial charge is 0.303 e. The van der Waals surface area contributed by atoms with E-state index in [0.29, 0.717) is 31.8 Å². The summed E-state index contributed by atoms with van der Waals surface area (Å²) in [6, 6.07) is 0. The van der Waals surface area contributed by atoms with Gasteiger partial charge in [0, 0.05) is 25.9 Å². The van der Waals surface area contributed by atoms with Crippen LogP contribution in [0.3, 0.4) is 0 Å². The number of hydrogen-bond acceptors (Lipinski definition) is 3. The van der Waals surface area contributed by atoms with Crippen molar-refractivity contribution in [3.63, 3.8) is 0 Å². The SMILES string of the molecule is CCC(CN)CC(=O)N1CCCC(CCC(=O)O)C1. The third-order valence-electron chi connectivity index (χ3n) is 4.01. The topological polar surface area (TPSA) is 83.6 Å². The van der Waals surface area contributed by atoms with Crippen molar-refractivity contribution in [2.24, 2.45) is 17.6 Å². The molecular formula is C14H26N2O3. The lowest BCUT2D eigenvalue weighted by Crippen LogP contribution is -2.41. The van der Waals surface area contributed by atoms with Crippen molar-refractivity contribution < 1.29 is 14.7 Å². The molecule has 1 aliphatic heterocycles. The fourth-order valence-corrected chi connectivity index (χ4v) is 2.63. The zero-order valence-corrected chi connectivity index (χ0v) is 11.8. The van der Waals surface area contributed by atoms with E-state index in [1.807, 2.05) is 4.90 Å². The van der Waals surface area contributed by atoms with E-state index in [-0.39, 0.29) is 18.2 Å². The molecular weight excluding hydrogens is 244 g/mol. The van der Waals surface area contributed by atoms with Crippen LogP contribution >= 0.6 is 0 Å². The number of carbonyl (C=O) groups excluding carboxylic acids is 1. The summed E-state index contributed by atoms with van der Waals surface area (Å²) < 4.78 is 0. The number of carbonyl (C=O) groups is 2. The quantitative estimate of drug-likeness (QED) is 0.733. The van der Waals surface area contributed by atoms with Crippen molar-refractivity contribution in [3.05, 3.63) is 0 Å². The molecule has 5 nitrogen and oxygen atoms in total. The zero-order valence-electron chi connectivity index (χ0n) is 11.8. The summed E-state index contributed by atoms with van der Waals surface area (Å²) in [4.78, 5) is 24.6. The van der Waals surface area contributed by atoms with Crippen LogP contribution in [0.15, 0.2) is 0 Å². The second-order valence-electron chi connectivity index (χ2n) is 5.49. The fraction of sp³-hybridized carbons (Fsp3) is 0.857. The van der Waals surface area contributed by atoms with Gasteiger partial charge >= 0.3 is 5.97 Å². The molecule has 0 aliphatic carbocycles. The highest BCUT2D eigenvalue weighted by molar-refractivity contribution is 5.76. The molecule has 1 aliphatic rings. The predicted molar refractivity (Wildman–Crippen MR) is 73.6 cm³/mol. The van der Waals surface area contributed by atoms with Crippen LogP contribution in [0.5, 0.6) is 0 Å². The Morgan fingerprint density at radius 1 is 1.47 bits per heavy atom. The number of likely N-dealkylation sites (tertiary alicyclic amines) is 1. The van der Waals surface area contributed by atoms with Gasteiger partial charge in [0.15, 0.2) is 0 Å². The maximum Gasteiger partial charge on any atom is 0.303 e. The Balaban J connectivity index is 2.40. The van der Waals surface area contributed by atoms with E-state index in [1.165, 1.54) is 0 Å². The number of piperidine rings is 1. The van der Waals surface area contributed by atoms with Crippen molar-refractivity contribution in [1.29, 1.82) is 0 Å². The molecule has 0 radical (unpaired) electrons. The standard InChI is InChI=1S/C14H26N2O3/c1-2-11(9-15)8-13(17)16-7-3-4-12(10-16)5-6-14(18)19/h11-12H,2-10,15H2,1H3,(H,18,19). The first-order chi connectivity index (χ1) is 9.06. The van der Waals surface area contributed by atoms with Gasteiger partial charge in [0.1, 0.15) is 0 Å². The zero-order chi connectivity index (χ0) is 14.3. The molecule has 5 heteroatoms. The minimum absolute atomic E-state index is 0.178. The van der Waals surface area contributed by atoms with E-state index in [4.69, 9.17) is 10.8 Å². The predicted octanol–water partition coefficient (Wildman–Crippen LogP) is 1.46. The lowest BCUT2D eigenvalue weighted by Gasteiger charge is -2.33. The molecule has 1 heterocycles. The molecule has 1 fully saturated rings. The van der Waals surface area contributed by atoms with Gasteiger partial charge in [-0.25, -0.2) is 0 Å². The van der Waals surface area contributed by atoms with Crippen molar-refractivity contribution in [2.75, 3.05) is 19.6 Å². The molecule has 0 aromatic rings. The Hall–Kier alpha value is -1.10. The monoisotopic (exact) mass is 270 g/mol. The lowest BCUT2D eigenvalue weighted by atomic mass is 9.92. The summed E-state index contributed by atoms with van der Waals surface area (Å²) in [5, 5.41) is 8.71. The molecule has 1 amide bonds. The minimum atomic E-state index is -0.752. The van der Waals surface area contributed by atoms with Crippen molar-refractivity contribution in [2.45, 2.75) is 45.4 Å². The van der Waals surface area contributed by atoms with Gasteiger partial charge in [-0.3, -0.25) is 9.59 Å². The number of rotatable bonds is 7. The third kappa shape index (κ3) is 5.59. The molecule has 2 atom stereocenters. The molecule has 110 valence electrons. The molecule has 19 heavy (non-hydrogen) atoms. The number of aliphatic carboxylic acids is 1. The van der Waals surface area contributed by atoms with Crippen LogP contribution in [0.1, 0.15) is 45.4 Å². The molecule has 1 rings (SSSR count). The highest BCUT2D eigenvalue weighted by Crippen LogP contribution is 2.22. The van der Waals surface area contributed by atoms with Crippen LogP contribution in [0.2, 0.25) is 0 Å². The first-order valence-electron chi connectivity index (χ1n) is 7.26. The van der Waals surface area contributed by atoms with Gasteiger partial charge in [-0.1, -0.05) is 13.3 Å². The second-order valence-corrected chi connectivity index (χ2v) is 5.49. The van der Waals surface area contributed by atoms with Gasteiger partial charge in [0.2, 0.25) is 5.91 Å². The highest BCUT2D eigenvalue weighted by atomic mass is 16.4. The van der Waals surface area contributed by atoms with Crippen molar-refractivity contribution >= 4 is 11.9 Å². The summed E-state index contributed by atoms with van der Waals surface area (Å²) in [5.41, 5.74) is 5.63. The summed E-state index contributed by atoms with van der Waals surface area (Å²) in [7, 11) is 0. The largest absolute Gasteiger partial charge is 0.481 e. The van der Waals surface area contributed by atoms with Gasteiger partial charge in [-0.2, -0.15) is 0 Å². The number of amides is 1. The molecule has 3 N–H and O–H groups in total. The molecule has 0 spiro atoms. The minimum Gasteiger partial charge on any atom is -0.481 e. The van der Waals surface area contributed by atoms with E-state index < -0.39 is 5.97 Å². The average molecular weight is 270 g/mol. The first kappa shape index (κ1) is 16.0. The Labute approximate surface area is 115 Å². The van der Waals surface area contributed by atoms with Crippen LogP contribution in [-0.4, -0.2) is 41.5 Å². The molecule has 1 saturated heterocycles. The number of carboxylic acids is 1. The molecule has 0 saturated carbocycles. The fourth-order valence-electron chi connectivity index (χ4n) is 2.63. The Bertz CT molecular complexity index is 303. The van der Waals surface area contributed by atoms with Crippen LogP contribution in [0.25, 0.3) is 0 Å². The van der Waals surface area contributed by atoms with Crippen LogP contribution < -0.4 is 5.73 Å². The van der Waals surface area contributed by atoms with E-state index >= 15 is 0 Å². The normalized spacial score (nSPS) is 21.2. The second kappa shape index (κ2) is 8.15. The number of carboxylic acid groups (broad SMARTS) is 1. The Morgan fingerprint density at radius 3 is 2.79 bits per heavy atom. The van der Waals surface area contributed by atoms with Gasteiger partial charge < -0.3 is 15.7 Å². The van der Waals surface area contributed by atoms with Crippen molar-refractivity contribution in [1.82, 2.24) is 4.90 Å². The van der Waals surface area contributed by atoms with E-state index in [9.17, 15) is 9.59 Å². The third-order valence-corrected chi connectivity index (χ3v) is 4.01.